The average Bonchev–Trinajstić information content (AvgIpc) is 2.19. The van der Waals surface area contributed by atoms with Crippen LogP contribution in [0.3, 0.4) is 0 Å². The third-order valence-corrected chi connectivity index (χ3v) is 2.84. The van der Waals surface area contributed by atoms with Crippen LogP contribution in [0.4, 0.5) is 0 Å². The number of aromatic carboxylic acids is 1. The second-order valence-electron chi connectivity index (χ2n) is 5.38. The van der Waals surface area contributed by atoms with Gasteiger partial charge in [0.25, 0.3) is 0 Å². The molecule has 4 N–H and O–H groups in total. The number of phenolic OH excluding ortho intramolecular Hbond substituents is 1. The summed E-state index contributed by atoms with van der Waals surface area (Å²) < 4.78 is 0. The van der Waals surface area contributed by atoms with Crippen LogP contribution in [0.15, 0.2) is 12.1 Å². The van der Waals surface area contributed by atoms with Gasteiger partial charge in [-0.3, -0.25) is 0 Å². The first kappa shape index (κ1) is 16.7. The lowest BCUT2D eigenvalue weighted by molar-refractivity contribution is 0.0696. The Bertz CT molecular complexity index is 452. The number of halogens is 1. The van der Waals surface area contributed by atoms with E-state index in [4.69, 9.17) is 10.8 Å². The molecular weight excluding hydrogens is 254 g/mol. The minimum absolute atomic E-state index is 0. The fourth-order valence-corrected chi connectivity index (χ4v) is 1.63. The lowest BCUT2D eigenvalue weighted by atomic mass is 9.81. The molecule has 1 aromatic carbocycles. The summed E-state index contributed by atoms with van der Waals surface area (Å²) >= 11 is 0. The molecule has 1 rings (SSSR count). The SMILES string of the molecule is Cc1cc(C(=O)O)cc([C@@H](N)C(C)(C)C)c1O.Cl. The molecular formula is C13H20ClNO3. The van der Waals surface area contributed by atoms with Crippen molar-refractivity contribution < 1.29 is 15.0 Å². The number of aryl methyl sites for hydroxylation is 1. The normalized spacial score (nSPS) is 12.7. The molecule has 0 fully saturated rings. The third kappa shape index (κ3) is 3.37. The molecule has 0 saturated carbocycles. The maximum Gasteiger partial charge on any atom is 0.335 e. The molecule has 0 unspecified atom stereocenters. The van der Waals surface area contributed by atoms with Crippen LogP contribution in [-0.2, 0) is 0 Å². The molecule has 0 radical (unpaired) electrons. The van der Waals surface area contributed by atoms with E-state index in [2.05, 4.69) is 0 Å². The van der Waals surface area contributed by atoms with E-state index in [1.165, 1.54) is 12.1 Å². The second kappa shape index (κ2) is 5.59. The van der Waals surface area contributed by atoms with Crippen LogP contribution in [0.1, 0.15) is 48.3 Å². The van der Waals surface area contributed by atoms with Gasteiger partial charge in [-0.25, -0.2) is 4.79 Å². The van der Waals surface area contributed by atoms with Crippen molar-refractivity contribution in [2.24, 2.45) is 11.1 Å². The fraction of sp³-hybridized carbons (Fsp3) is 0.462. The van der Waals surface area contributed by atoms with Gasteiger partial charge in [-0.15, -0.1) is 12.4 Å². The van der Waals surface area contributed by atoms with Crippen LogP contribution < -0.4 is 5.73 Å². The van der Waals surface area contributed by atoms with E-state index in [1.54, 1.807) is 6.92 Å². The molecule has 0 bridgehead atoms. The van der Waals surface area contributed by atoms with Gasteiger partial charge in [-0.05, 0) is 30.0 Å². The summed E-state index contributed by atoms with van der Waals surface area (Å²) in [4.78, 5) is 11.0. The number of phenols is 1. The zero-order valence-electron chi connectivity index (χ0n) is 11.0. The Labute approximate surface area is 113 Å². The molecule has 4 nitrogen and oxygen atoms in total. The van der Waals surface area contributed by atoms with Crippen molar-refractivity contribution in [1.29, 1.82) is 0 Å². The highest BCUT2D eigenvalue weighted by Gasteiger charge is 2.26. The molecule has 0 amide bonds. The molecule has 102 valence electrons. The van der Waals surface area contributed by atoms with Crippen LogP contribution >= 0.6 is 12.4 Å². The van der Waals surface area contributed by atoms with Gasteiger partial charge in [-0.2, -0.15) is 0 Å². The van der Waals surface area contributed by atoms with Crippen LogP contribution in [0, 0.1) is 12.3 Å². The van der Waals surface area contributed by atoms with E-state index in [0.29, 0.717) is 11.1 Å². The minimum atomic E-state index is -1.02. The molecule has 0 aromatic heterocycles. The standard InChI is InChI=1S/C13H19NO3.ClH/c1-7-5-8(12(16)17)6-9(10(7)15)11(14)13(2,3)4;/h5-6,11,15H,14H2,1-4H3,(H,16,17);1H/t11-;/m1./s1. The number of carboxylic acids is 1. The van der Waals surface area contributed by atoms with Gasteiger partial charge in [0.2, 0.25) is 0 Å². The topological polar surface area (TPSA) is 83.5 Å². The second-order valence-corrected chi connectivity index (χ2v) is 5.38. The minimum Gasteiger partial charge on any atom is -0.507 e. The van der Waals surface area contributed by atoms with Gasteiger partial charge < -0.3 is 15.9 Å². The van der Waals surface area contributed by atoms with Gasteiger partial charge >= 0.3 is 5.97 Å². The summed E-state index contributed by atoms with van der Waals surface area (Å²) in [5, 5.41) is 19.0. The van der Waals surface area contributed by atoms with Crippen molar-refractivity contribution in [3.05, 3.63) is 28.8 Å². The molecule has 1 aromatic rings. The molecule has 0 heterocycles. The highest BCUT2D eigenvalue weighted by Crippen LogP contribution is 2.37. The molecule has 0 saturated heterocycles. The Hall–Kier alpha value is -1.26. The number of benzene rings is 1. The Morgan fingerprint density at radius 1 is 1.33 bits per heavy atom. The monoisotopic (exact) mass is 273 g/mol. The summed E-state index contributed by atoms with van der Waals surface area (Å²) in [7, 11) is 0. The smallest absolute Gasteiger partial charge is 0.335 e. The zero-order valence-corrected chi connectivity index (χ0v) is 11.8. The molecule has 0 aliphatic carbocycles. The first-order chi connectivity index (χ1) is 7.64. The summed E-state index contributed by atoms with van der Waals surface area (Å²) in [6.45, 7) is 7.50. The van der Waals surface area contributed by atoms with Crippen molar-refractivity contribution in [3.63, 3.8) is 0 Å². The average molecular weight is 274 g/mol. The van der Waals surface area contributed by atoms with Crippen molar-refractivity contribution >= 4 is 18.4 Å². The first-order valence-corrected chi connectivity index (χ1v) is 5.47. The van der Waals surface area contributed by atoms with E-state index in [9.17, 15) is 9.90 Å². The first-order valence-electron chi connectivity index (χ1n) is 5.47. The van der Waals surface area contributed by atoms with Gasteiger partial charge in [0.15, 0.2) is 0 Å². The predicted octanol–water partition coefficient (Wildman–Crippen LogP) is 2.87. The van der Waals surface area contributed by atoms with Crippen molar-refractivity contribution in [1.82, 2.24) is 0 Å². The Kier molecular flexibility index (Phi) is 5.20. The zero-order chi connectivity index (χ0) is 13.4. The predicted molar refractivity (Wildman–Crippen MR) is 73.4 cm³/mol. The summed E-state index contributed by atoms with van der Waals surface area (Å²) in [5.41, 5.74) is 6.97. The van der Waals surface area contributed by atoms with Gasteiger partial charge in [0, 0.05) is 11.6 Å². The largest absolute Gasteiger partial charge is 0.507 e. The number of carboxylic acid groups (broad SMARTS) is 1. The maximum absolute atomic E-state index is 11.0. The van der Waals surface area contributed by atoms with Gasteiger partial charge in [0.05, 0.1) is 5.56 Å². The lowest BCUT2D eigenvalue weighted by Gasteiger charge is -2.28. The third-order valence-electron chi connectivity index (χ3n) is 2.84. The molecule has 0 aliphatic heterocycles. The summed E-state index contributed by atoms with van der Waals surface area (Å²) in [6.07, 6.45) is 0. The van der Waals surface area contributed by atoms with Gasteiger partial charge in [-0.1, -0.05) is 20.8 Å². The van der Waals surface area contributed by atoms with Gasteiger partial charge in [0.1, 0.15) is 5.75 Å². The number of aromatic hydroxyl groups is 1. The van der Waals surface area contributed by atoms with E-state index < -0.39 is 12.0 Å². The molecule has 5 heteroatoms. The maximum atomic E-state index is 11.0. The van der Waals surface area contributed by atoms with Crippen LogP contribution in [0.25, 0.3) is 0 Å². The summed E-state index contributed by atoms with van der Waals surface area (Å²) in [6, 6.07) is 2.47. The van der Waals surface area contributed by atoms with Crippen LogP contribution in [-0.4, -0.2) is 16.2 Å². The van der Waals surface area contributed by atoms with Crippen LogP contribution in [0.5, 0.6) is 5.75 Å². The molecule has 18 heavy (non-hydrogen) atoms. The van der Waals surface area contributed by atoms with E-state index >= 15 is 0 Å². The Morgan fingerprint density at radius 2 is 1.83 bits per heavy atom. The Morgan fingerprint density at radius 3 is 2.22 bits per heavy atom. The van der Waals surface area contributed by atoms with E-state index in [0.717, 1.165) is 0 Å². The quantitative estimate of drug-likeness (QED) is 0.774. The fourth-order valence-electron chi connectivity index (χ4n) is 1.63. The molecule has 0 spiro atoms. The lowest BCUT2D eigenvalue weighted by Crippen LogP contribution is -2.26. The number of rotatable bonds is 2. The van der Waals surface area contributed by atoms with Crippen LogP contribution in [0.2, 0.25) is 0 Å². The molecule has 1 atom stereocenters. The van der Waals surface area contributed by atoms with E-state index in [-0.39, 0.29) is 29.1 Å². The summed E-state index contributed by atoms with van der Waals surface area (Å²) in [5.74, 6) is -0.937. The number of carbonyl (C=O) groups is 1. The van der Waals surface area contributed by atoms with E-state index in [1.807, 2.05) is 20.8 Å². The van der Waals surface area contributed by atoms with Crippen molar-refractivity contribution in [2.75, 3.05) is 0 Å². The van der Waals surface area contributed by atoms with Crippen molar-refractivity contribution in [3.8, 4) is 5.75 Å². The highest BCUT2D eigenvalue weighted by molar-refractivity contribution is 5.88. The number of hydrogen-bond acceptors (Lipinski definition) is 3. The highest BCUT2D eigenvalue weighted by atomic mass is 35.5. The molecule has 0 aliphatic rings. The number of hydrogen-bond donors (Lipinski definition) is 3. The van der Waals surface area contributed by atoms with Crippen molar-refractivity contribution in [2.45, 2.75) is 33.7 Å². The Balaban J connectivity index is 0.00000289. The number of nitrogens with two attached hydrogens (primary N) is 1.